The van der Waals surface area contributed by atoms with Gasteiger partial charge in [0.25, 0.3) is 0 Å². The molecule has 0 aromatic rings. The molecule has 0 saturated heterocycles. The molecule has 5 heteroatoms. The Labute approximate surface area is 211 Å². The van der Waals surface area contributed by atoms with E-state index in [1.54, 1.807) is 0 Å². The molecule has 0 heterocycles. The molecule has 0 spiro atoms. The third-order valence-corrected chi connectivity index (χ3v) is 5.91. The molecule has 1 atom stereocenters. The van der Waals surface area contributed by atoms with E-state index in [1.807, 2.05) is 34.6 Å². The van der Waals surface area contributed by atoms with Crippen molar-refractivity contribution in [3.8, 4) is 0 Å². The van der Waals surface area contributed by atoms with Gasteiger partial charge >= 0.3 is 12.1 Å². The molecule has 1 N–H and O–H groups in total. The monoisotopic (exact) mass is 483 g/mol. The van der Waals surface area contributed by atoms with E-state index in [0.717, 1.165) is 12.8 Å². The number of ether oxygens (including phenoxy) is 2. The fourth-order valence-corrected chi connectivity index (χ4v) is 3.90. The minimum absolute atomic E-state index is 0.112. The average molecular weight is 484 g/mol. The minimum Gasteiger partial charge on any atom is -0.464 e. The van der Waals surface area contributed by atoms with E-state index in [9.17, 15) is 9.59 Å². The van der Waals surface area contributed by atoms with Crippen molar-refractivity contribution in [3.63, 3.8) is 0 Å². The zero-order valence-electron chi connectivity index (χ0n) is 23.5. The summed E-state index contributed by atoms with van der Waals surface area (Å²) in [5.74, 6) is -0.0852. The number of unbranched alkanes of at least 4 members (excludes halogenated alkanes) is 14. The van der Waals surface area contributed by atoms with Crippen molar-refractivity contribution in [2.45, 2.75) is 150 Å². The number of hydrogen-bond donors (Lipinski definition) is 1. The lowest BCUT2D eigenvalue weighted by Crippen LogP contribution is -2.43. The lowest BCUT2D eigenvalue weighted by atomic mass is 9.99. The molecule has 0 bridgehead atoms. The fourth-order valence-electron chi connectivity index (χ4n) is 3.90. The summed E-state index contributed by atoms with van der Waals surface area (Å²) in [7, 11) is 0. The zero-order valence-corrected chi connectivity index (χ0v) is 23.5. The Kier molecular flexibility index (Phi) is 20.3. The largest absolute Gasteiger partial charge is 0.464 e. The van der Waals surface area contributed by atoms with Crippen LogP contribution in [0.2, 0.25) is 0 Å². The van der Waals surface area contributed by atoms with Gasteiger partial charge in [-0.1, -0.05) is 131 Å². The molecule has 1 unspecified atom stereocenters. The van der Waals surface area contributed by atoms with Crippen LogP contribution in [-0.2, 0) is 14.3 Å². The Morgan fingerprint density at radius 2 is 1.15 bits per heavy atom. The summed E-state index contributed by atoms with van der Waals surface area (Å²) in [6, 6.07) is -0.649. The van der Waals surface area contributed by atoms with Gasteiger partial charge in [0.05, 0.1) is 13.2 Å². The molecule has 0 saturated carbocycles. The van der Waals surface area contributed by atoms with Crippen molar-refractivity contribution in [2.24, 2.45) is 11.3 Å². The number of alkyl carbamates (subject to hydrolysis) is 1. The predicted octanol–water partition coefficient (Wildman–Crippen LogP) is 8.59. The summed E-state index contributed by atoms with van der Waals surface area (Å²) in [5, 5.41) is 2.69. The molecule has 0 radical (unpaired) electrons. The van der Waals surface area contributed by atoms with Gasteiger partial charge in [-0.2, -0.15) is 0 Å². The standard InChI is InChI=1S/C29H57NO4/c1-7-8-9-10-11-12-13-14-15-16-17-18-19-20-21-22-33-27(31)26(23-25(2)3)30-28(32)34-24-29(4,5)6/h25-26H,7-24H2,1-6H3,(H,30,32). The topological polar surface area (TPSA) is 64.6 Å². The number of nitrogens with one attached hydrogen (secondary N) is 1. The summed E-state index contributed by atoms with van der Waals surface area (Å²) in [5.41, 5.74) is -0.112. The molecule has 202 valence electrons. The third-order valence-electron chi connectivity index (χ3n) is 5.91. The second-order valence-electron chi connectivity index (χ2n) is 11.6. The summed E-state index contributed by atoms with van der Waals surface area (Å²) in [6.07, 6.45) is 19.6. The summed E-state index contributed by atoms with van der Waals surface area (Å²) in [4.78, 5) is 24.5. The van der Waals surface area contributed by atoms with Crippen molar-refractivity contribution < 1.29 is 19.1 Å². The van der Waals surface area contributed by atoms with Gasteiger partial charge in [0.2, 0.25) is 0 Å². The number of amides is 1. The maximum atomic E-state index is 12.5. The van der Waals surface area contributed by atoms with Gasteiger partial charge in [-0.25, -0.2) is 9.59 Å². The van der Waals surface area contributed by atoms with Crippen molar-refractivity contribution in [2.75, 3.05) is 13.2 Å². The van der Waals surface area contributed by atoms with Crippen LogP contribution in [0.3, 0.4) is 0 Å². The highest BCUT2D eigenvalue weighted by atomic mass is 16.6. The van der Waals surface area contributed by atoms with Crippen molar-refractivity contribution >= 4 is 12.1 Å². The Hall–Kier alpha value is -1.26. The molecule has 0 aliphatic rings. The molecule has 1 amide bonds. The molecular formula is C29H57NO4. The number of esters is 1. The van der Waals surface area contributed by atoms with Crippen LogP contribution in [0.15, 0.2) is 0 Å². The van der Waals surface area contributed by atoms with E-state index in [0.29, 0.717) is 19.6 Å². The predicted molar refractivity (Wildman–Crippen MR) is 143 cm³/mol. The van der Waals surface area contributed by atoms with E-state index < -0.39 is 12.1 Å². The molecule has 34 heavy (non-hydrogen) atoms. The molecule has 5 nitrogen and oxygen atoms in total. The molecule has 0 fully saturated rings. The quantitative estimate of drug-likeness (QED) is 0.131. The van der Waals surface area contributed by atoms with Crippen LogP contribution in [0.4, 0.5) is 4.79 Å². The first-order valence-corrected chi connectivity index (χ1v) is 14.3. The van der Waals surface area contributed by atoms with Crippen LogP contribution in [0, 0.1) is 11.3 Å². The van der Waals surface area contributed by atoms with Gasteiger partial charge in [-0.3, -0.25) is 0 Å². The average Bonchev–Trinajstić information content (AvgIpc) is 2.76. The van der Waals surface area contributed by atoms with Crippen molar-refractivity contribution in [1.29, 1.82) is 0 Å². The van der Waals surface area contributed by atoms with Crippen LogP contribution in [0.1, 0.15) is 144 Å². The fraction of sp³-hybridized carbons (Fsp3) is 0.931. The molecule has 0 rings (SSSR count). The Morgan fingerprint density at radius 1 is 0.706 bits per heavy atom. The van der Waals surface area contributed by atoms with Gasteiger partial charge in [-0.15, -0.1) is 0 Å². The first-order chi connectivity index (χ1) is 16.2. The maximum Gasteiger partial charge on any atom is 0.407 e. The maximum absolute atomic E-state index is 12.5. The highest BCUT2D eigenvalue weighted by Gasteiger charge is 2.24. The van der Waals surface area contributed by atoms with Crippen molar-refractivity contribution in [1.82, 2.24) is 5.32 Å². The highest BCUT2D eigenvalue weighted by molar-refractivity contribution is 5.81. The summed E-state index contributed by atoms with van der Waals surface area (Å²) in [6.45, 7) is 13.0. The van der Waals surface area contributed by atoms with E-state index in [4.69, 9.17) is 9.47 Å². The number of hydrogen-bond acceptors (Lipinski definition) is 4. The van der Waals surface area contributed by atoms with E-state index in [-0.39, 0.29) is 17.3 Å². The van der Waals surface area contributed by atoms with Gasteiger partial charge < -0.3 is 14.8 Å². The molecule has 0 aromatic heterocycles. The van der Waals surface area contributed by atoms with Crippen LogP contribution >= 0.6 is 0 Å². The molecule has 0 aliphatic carbocycles. The molecule has 0 aromatic carbocycles. The number of carbonyl (C=O) groups excluding carboxylic acids is 2. The van der Waals surface area contributed by atoms with Crippen LogP contribution in [-0.4, -0.2) is 31.3 Å². The first kappa shape index (κ1) is 32.7. The Morgan fingerprint density at radius 3 is 1.56 bits per heavy atom. The SMILES string of the molecule is CCCCCCCCCCCCCCCCCOC(=O)C(CC(C)C)NC(=O)OCC(C)(C)C. The molecule has 0 aliphatic heterocycles. The number of carbonyl (C=O) groups is 2. The van der Waals surface area contributed by atoms with Crippen LogP contribution in [0.5, 0.6) is 0 Å². The van der Waals surface area contributed by atoms with Crippen LogP contribution < -0.4 is 5.32 Å². The lowest BCUT2D eigenvalue weighted by Gasteiger charge is -2.22. The van der Waals surface area contributed by atoms with Gasteiger partial charge in [0.15, 0.2) is 0 Å². The van der Waals surface area contributed by atoms with E-state index in [1.165, 1.54) is 83.5 Å². The Balaban J connectivity index is 3.76. The minimum atomic E-state index is -0.649. The summed E-state index contributed by atoms with van der Waals surface area (Å²) < 4.78 is 10.7. The summed E-state index contributed by atoms with van der Waals surface area (Å²) >= 11 is 0. The Bertz CT molecular complexity index is 499. The second kappa shape index (κ2) is 21.1. The normalized spacial score (nSPS) is 12.6. The van der Waals surface area contributed by atoms with E-state index in [2.05, 4.69) is 12.2 Å². The van der Waals surface area contributed by atoms with Crippen LogP contribution in [0.25, 0.3) is 0 Å². The van der Waals surface area contributed by atoms with Crippen molar-refractivity contribution in [3.05, 3.63) is 0 Å². The van der Waals surface area contributed by atoms with Gasteiger partial charge in [0, 0.05) is 0 Å². The first-order valence-electron chi connectivity index (χ1n) is 14.3. The highest BCUT2D eigenvalue weighted by Crippen LogP contribution is 2.15. The molecular weight excluding hydrogens is 426 g/mol. The smallest absolute Gasteiger partial charge is 0.407 e. The third kappa shape index (κ3) is 22.5. The number of rotatable bonds is 21. The van der Waals surface area contributed by atoms with E-state index >= 15 is 0 Å². The lowest BCUT2D eigenvalue weighted by molar-refractivity contribution is -0.146. The van der Waals surface area contributed by atoms with Gasteiger partial charge in [-0.05, 0) is 24.2 Å². The second-order valence-corrected chi connectivity index (χ2v) is 11.6. The zero-order chi connectivity index (χ0) is 25.7. The van der Waals surface area contributed by atoms with Gasteiger partial charge in [0.1, 0.15) is 6.04 Å².